The molecule has 0 aliphatic carbocycles. The molecule has 0 saturated carbocycles. The largest absolute Gasteiger partial charge is 0.463 e. The van der Waals surface area contributed by atoms with Crippen molar-refractivity contribution in [3.05, 3.63) is 0 Å². The molecule has 0 saturated heterocycles. The normalized spacial score (nSPS) is 14.3. The second-order valence-electron chi connectivity index (χ2n) is 12.6. The van der Waals surface area contributed by atoms with Gasteiger partial charge in [-0.3, -0.25) is 18.9 Å². The van der Waals surface area contributed by atoms with Crippen LogP contribution >= 0.6 is 0 Å². The van der Waals surface area contributed by atoms with Gasteiger partial charge in [0.2, 0.25) is 11.8 Å². The molecule has 0 aromatic heterocycles. The zero-order valence-corrected chi connectivity index (χ0v) is 26.8. The number of methoxy groups -OCH3 is 1. The summed E-state index contributed by atoms with van der Waals surface area (Å²) in [5.41, 5.74) is -2.23. The monoisotopic (exact) mass is 596 g/mol. The molecule has 236 valence electrons. The third-order valence-corrected chi connectivity index (χ3v) is 7.40. The van der Waals surface area contributed by atoms with Crippen molar-refractivity contribution >= 4 is 27.9 Å². The molecule has 40 heavy (non-hydrogen) atoms. The van der Waals surface area contributed by atoms with Crippen LogP contribution in [0.25, 0.3) is 0 Å². The average Bonchev–Trinajstić information content (AvgIpc) is 2.78. The van der Waals surface area contributed by atoms with Crippen LogP contribution < -0.4 is 10.6 Å². The maximum absolute atomic E-state index is 13.3. The number of nitrogens with one attached hydrogen (secondary N) is 2. The summed E-state index contributed by atoms with van der Waals surface area (Å²) < 4.78 is 48.4. The predicted octanol–water partition coefficient (Wildman–Crippen LogP) is 1.64. The quantitative estimate of drug-likeness (QED) is 0.0775. The second-order valence-corrected chi connectivity index (χ2v) is 14.1. The van der Waals surface area contributed by atoms with Crippen molar-refractivity contribution in [2.75, 3.05) is 73.5 Å². The molecule has 2 amide bonds. The van der Waals surface area contributed by atoms with Crippen molar-refractivity contribution in [1.82, 2.24) is 10.6 Å². The van der Waals surface area contributed by atoms with Crippen molar-refractivity contribution in [2.24, 2.45) is 17.3 Å². The fourth-order valence-electron chi connectivity index (χ4n) is 4.25. The fourth-order valence-corrected chi connectivity index (χ4v) is 5.24. The Morgan fingerprint density at radius 2 is 1.55 bits per heavy atom. The topological polar surface area (TPSA) is 157 Å². The lowest BCUT2D eigenvalue weighted by atomic mass is 9.78. The number of carbonyl (C=O) groups is 3. The van der Waals surface area contributed by atoms with Gasteiger partial charge < -0.3 is 29.3 Å². The molecule has 0 radical (unpaired) electrons. The first-order valence-corrected chi connectivity index (χ1v) is 15.4. The molecule has 0 aliphatic heterocycles. The minimum Gasteiger partial charge on any atom is -0.463 e. The molecule has 0 aromatic carbocycles. The van der Waals surface area contributed by atoms with E-state index in [1.54, 1.807) is 27.9 Å². The maximum atomic E-state index is 13.3. The Kier molecular flexibility index (Phi) is 16.4. The highest BCUT2D eigenvalue weighted by Gasteiger charge is 2.38. The molecule has 0 rings (SSSR count). The van der Waals surface area contributed by atoms with Gasteiger partial charge in [0.15, 0.2) is 0 Å². The number of ether oxygens (including phenoxy) is 3. The van der Waals surface area contributed by atoms with Gasteiger partial charge in [-0.15, -0.1) is 0 Å². The molecule has 2 atom stereocenters. The zero-order valence-electron chi connectivity index (χ0n) is 26.0. The number of rotatable bonds is 21. The molecular weight excluding hydrogens is 542 g/mol. The van der Waals surface area contributed by atoms with E-state index in [-0.39, 0.29) is 32.0 Å². The van der Waals surface area contributed by atoms with Gasteiger partial charge in [-0.1, -0.05) is 6.92 Å². The third kappa shape index (κ3) is 17.8. The minimum absolute atomic E-state index is 0.0662. The van der Waals surface area contributed by atoms with E-state index in [2.05, 4.69) is 31.8 Å². The van der Waals surface area contributed by atoms with Gasteiger partial charge in [0.25, 0.3) is 10.1 Å². The predicted molar refractivity (Wildman–Crippen MR) is 153 cm³/mol. The van der Waals surface area contributed by atoms with Crippen LogP contribution in [-0.2, 0) is 38.7 Å². The van der Waals surface area contributed by atoms with Crippen molar-refractivity contribution in [3.8, 4) is 0 Å². The van der Waals surface area contributed by atoms with Crippen LogP contribution in [0.2, 0.25) is 0 Å². The number of carbonyl (C=O) groups excluding carboxylic acids is 3. The van der Waals surface area contributed by atoms with E-state index in [9.17, 15) is 27.4 Å². The molecule has 12 nitrogen and oxygen atoms in total. The first kappa shape index (κ1) is 38.2. The van der Waals surface area contributed by atoms with Gasteiger partial charge in [-0.2, -0.15) is 8.42 Å². The summed E-state index contributed by atoms with van der Waals surface area (Å²) in [6.07, 6.45) is 1.46. The summed E-state index contributed by atoms with van der Waals surface area (Å²) >= 11 is 0. The Morgan fingerprint density at radius 3 is 2.08 bits per heavy atom. The lowest BCUT2D eigenvalue weighted by Crippen LogP contribution is -2.50. The Bertz CT molecular complexity index is 899. The molecule has 13 heteroatoms. The summed E-state index contributed by atoms with van der Waals surface area (Å²) in [5.74, 6) is -3.10. The van der Waals surface area contributed by atoms with Gasteiger partial charge in [0.1, 0.15) is 6.61 Å². The summed E-state index contributed by atoms with van der Waals surface area (Å²) in [6.45, 7) is 10.6. The van der Waals surface area contributed by atoms with Crippen molar-refractivity contribution in [1.29, 1.82) is 0 Å². The van der Waals surface area contributed by atoms with Crippen LogP contribution in [0, 0.1) is 17.3 Å². The highest BCUT2D eigenvalue weighted by atomic mass is 32.2. The standard InChI is InChI=1S/C27H53N3O9S/c1-10-21(24(32)29-27(4,5)20-40(34,35)36)18-22(23(31)28-12-11-13-30(6,7)8)19-26(2,3)25(33)39-17-16-38-15-14-37-9/h21-22H,10-20H2,1-9H3,(H2-,28,29,31,32,34,35,36)/p+1. The van der Waals surface area contributed by atoms with Crippen LogP contribution in [0.15, 0.2) is 0 Å². The Balaban J connectivity index is 5.55. The highest BCUT2D eigenvalue weighted by Crippen LogP contribution is 2.32. The number of nitrogens with zero attached hydrogens (tertiary/aromatic N) is 1. The SMILES string of the molecule is CCC(CC(CC(C)(C)C(=O)OCCOCCOC)C(=O)NCCC[N+](C)(C)C)C(=O)NC(C)(C)CS(=O)(=O)O. The molecule has 0 aromatic rings. The summed E-state index contributed by atoms with van der Waals surface area (Å²) in [4.78, 5) is 39.3. The van der Waals surface area contributed by atoms with E-state index in [0.717, 1.165) is 17.4 Å². The number of hydrogen-bond acceptors (Lipinski definition) is 8. The van der Waals surface area contributed by atoms with E-state index in [1.807, 2.05) is 0 Å². The Morgan fingerprint density at radius 1 is 0.950 bits per heavy atom. The molecule has 2 unspecified atom stereocenters. The summed E-state index contributed by atoms with van der Waals surface area (Å²) in [5, 5.41) is 5.64. The molecule has 0 aliphatic rings. The van der Waals surface area contributed by atoms with Gasteiger partial charge in [-0.05, 0) is 47.0 Å². The highest BCUT2D eigenvalue weighted by molar-refractivity contribution is 7.85. The molecule has 3 N–H and O–H groups in total. The van der Waals surface area contributed by atoms with E-state index in [1.165, 1.54) is 13.8 Å². The molecule has 0 bridgehead atoms. The van der Waals surface area contributed by atoms with Gasteiger partial charge in [-0.25, -0.2) is 0 Å². The summed E-state index contributed by atoms with van der Waals surface area (Å²) in [6, 6.07) is 0. The van der Waals surface area contributed by atoms with E-state index >= 15 is 0 Å². The number of hydrogen-bond donors (Lipinski definition) is 3. The van der Waals surface area contributed by atoms with Gasteiger partial charge in [0, 0.05) is 31.9 Å². The number of esters is 1. The lowest BCUT2D eigenvalue weighted by Gasteiger charge is -2.31. The second kappa shape index (κ2) is 17.2. The van der Waals surface area contributed by atoms with Gasteiger partial charge >= 0.3 is 5.97 Å². The molecule has 0 fully saturated rings. The van der Waals surface area contributed by atoms with Gasteiger partial charge in [0.05, 0.1) is 64.2 Å². The number of quaternary nitrogens is 1. The lowest BCUT2D eigenvalue weighted by molar-refractivity contribution is -0.870. The Hall–Kier alpha value is -1.80. The smallest absolute Gasteiger partial charge is 0.311 e. The van der Waals surface area contributed by atoms with Crippen molar-refractivity contribution in [2.45, 2.75) is 65.8 Å². The fraction of sp³-hybridized carbons (Fsp3) is 0.889. The van der Waals surface area contributed by atoms with Crippen molar-refractivity contribution in [3.63, 3.8) is 0 Å². The van der Waals surface area contributed by atoms with Crippen molar-refractivity contribution < 1.29 is 46.0 Å². The first-order chi connectivity index (χ1) is 18.2. The minimum atomic E-state index is -4.31. The molecular formula is C27H54N3O9S+. The van der Waals surface area contributed by atoms with Crippen LogP contribution in [0.1, 0.15) is 60.3 Å². The van der Waals surface area contributed by atoms with Crippen LogP contribution in [0.5, 0.6) is 0 Å². The maximum Gasteiger partial charge on any atom is 0.311 e. The van der Waals surface area contributed by atoms with Crippen LogP contribution in [-0.4, -0.2) is 114 Å². The first-order valence-electron chi connectivity index (χ1n) is 13.8. The van der Waals surface area contributed by atoms with Crippen LogP contribution in [0.3, 0.4) is 0 Å². The Labute approximate surface area is 241 Å². The van der Waals surface area contributed by atoms with E-state index < -0.39 is 50.5 Å². The number of amides is 2. The summed E-state index contributed by atoms with van der Waals surface area (Å²) in [7, 11) is 3.44. The van der Waals surface area contributed by atoms with E-state index in [0.29, 0.717) is 26.2 Å². The zero-order chi connectivity index (χ0) is 31.2. The average molecular weight is 597 g/mol. The van der Waals surface area contributed by atoms with E-state index in [4.69, 9.17) is 14.2 Å². The molecule has 0 heterocycles. The van der Waals surface area contributed by atoms with Crippen LogP contribution in [0.4, 0.5) is 0 Å². The third-order valence-electron chi connectivity index (χ3n) is 6.32. The molecule has 0 spiro atoms.